The van der Waals surface area contributed by atoms with Crippen LogP contribution in [-0.4, -0.2) is 16.9 Å². The molecular formula is C21H17ClO3S. The molecule has 1 N–H and O–H groups in total. The van der Waals surface area contributed by atoms with Crippen LogP contribution in [0.3, 0.4) is 0 Å². The number of carbonyl (C=O) groups is 2. The van der Waals surface area contributed by atoms with Gasteiger partial charge in [-0.15, -0.1) is 11.3 Å². The summed E-state index contributed by atoms with van der Waals surface area (Å²) in [6.45, 7) is 0. The van der Waals surface area contributed by atoms with Gasteiger partial charge in [0.1, 0.15) is 0 Å². The van der Waals surface area contributed by atoms with Gasteiger partial charge < -0.3 is 5.11 Å². The van der Waals surface area contributed by atoms with E-state index in [2.05, 4.69) is 0 Å². The number of hydrogen-bond acceptors (Lipinski definition) is 3. The molecule has 0 radical (unpaired) electrons. The SMILES string of the molecule is O=C(O)Cc1cc(C(=O)CCc2ccccc2)sc1-c1ccc(Cl)cc1. The first-order valence-electron chi connectivity index (χ1n) is 8.20. The van der Waals surface area contributed by atoms with Gasteiger partial charge in [0.15, 0.2) is 5.78 Å². The zero-order chi connectivity index (χ0) is 18.5. The minimum Gasteiger partial charge on any atom is -0.481 e. The molecule has 0 saturated carbocycles. The molecule has 0 aliphatic carbocycles. The van der Waals surface area contributed by atoms with Crippen LogP contribution in [-0.2, 0) is 17.6 Å². The second kappa shape index (κ2) is 8.30. The van der Waals surface area contributed by atoms with Crippen molar-refractivity contribution in [2.45, 2.75) is 19.3 Å². The van der Waals surface area contributed by atoms with Crippen LogP contribution in [0, 0.1) is 0 Å². The lowest BCUT2D eigenvalue weighted by Gasteiger charge is -2.02. The van der Waals surface area contributed by atoms with Gasteiger partial charge in [0.2, 0.25) is 0 Å². The highest BCUT2D eigenvalue weighted by Gasteiger charge is 2.17. The van der Waals surface area contributed by atoms with E-state index in [1.54, 1.807) is 18.2 Å². The normalized spacial score (nSPS) is 10.7. The number of thiophene rings is 1. The fourth-order valence-electron chi connectivity index (χ4n) is 2.73. The first-order chi connectivity index (χ1) is 12.5. The largest absolute Gasteiger partial charge is 0.481 e. The molecule has 0 atom stereocenters. The molecule has 0 aliphatic heterocycles. The summed E-state index contributed by atoms with van der Waals surface area (Å²) in [4.78, 5) is 25.2. The minimum absolute atomic E-state index is 0.0331. The Hall–Kier alpha value is -2.43. The van der Waals surface area contributed by atoms with Crippen LogP contribution in [0.15, 0.2) is 60.7 Å². The predicted octanol–water partition coefficient (Wildman–Crippen LogP) is 5.51. The molecular weight excluding hydrogens is 368 g/mol. The summed E-state index contributed by atoms with van der Waals surface area (Å²) in [6, 6.07) is 18.8. The number of halogens is 1. The van der Waals surface area contributed by atoms with Crippen LogP contribution < -0.4 is 0 Å². The van der Waals surface area contributed by atoms with E-state index in [0.717, 1.165) is 16.0 Å². The number of Topliss-reactive ketones (excluding diaryl/α,β-unsaturated/α-hetero) is 1. The van der Waals surface area contributed by atoms with Gasteiger partial charge in [0.25, 0.3) is 0 Å². The third-order valence-electron chi connectivity index (χ3n) is 4.02. The number of rotatable bonds is 7. The van der Waals surface area contributed by atoms with Crippen molar-refractivity contribution in [1.82, 2.24) is 0 Å². The fourth-order valence-corrected chi connectivity index (χ4v) is 4.01. The number of benzene rings is 2. The summed E-state index contributed by atoms with van der Waals surface area (Å²) >= 11 is 7.28. The summed E-state index contributed by atoms with van der Waals surface area (Å²) < 4.78 is 0. The van der Waals surface area contributed by atoms with Crippen molar-refractivity contribution < 1.29 is 14.7 Å². The second-order valence-corrected chi connectivity index (χ2v) is 7.44. The van der Waals surface area contributed by atoms with E-state index >= 15 is 0 Å². The van der Waals surface area contributed by atoms with Crippen LogP contribution in [0.5, 0.6) is 0 Å². The zero-order valence-electron chi connectivity index (χ0n) is 13.9. The Morgan fingerprint density at radius 3 is 2.35 bits per heavy atom. The second-order valence-electron chi connectivity index (χ2n) is 5.95. The van der Waals surface area contributed by atoms with Crippen LogP contribution in [0.25, 0.3) is 10.4 Å². The van der Waals surface area contributed by atoms with E-state index in [0.29, 0.717) is 28.3 Å². The molecule has 0 unspecified atom stereocenters. The topological polar surface area (TPSA) is 54.4 Å². The molecule has 0 fully saturated rings. The number of hydrogen-bond donors (Lipinski definition) is 1. The first kappa shape index (κ1) is 18.4. The van der Waals surface area contributed by atoms with E-state index < -0.39 is 5.97 Å². The maximum absolute atomic E-state index is 12.6. The Bertz CT molecular complexity index is 914. The van der Waals surface area contributed by atoms with Gasteiger partial charge in [-0.3, -0.25) is 9.59 Å². The maximum Gasteiger partial charge on any atom is 0.307 e. The van der Waals surface area contributed by atoms with Crippen molar-refractivity contribution in [3.63, 3.8) is 0 Å². The van der Waals surface area contributed by atoms with Gasteiger partial charge in [0.05, 0.1) is 11.3 Å². The zero-order valence-corrected chi connectivity index (χ0v) is 15.5. The van der Waals surface area contributed by atoms with Gasteiger partial charge >= 0.3 is 5.97 Å². The van der Waals surface area contributed by atoms with Crippen molar-refractivity contribution in [3.05, 3.63) is 81.7 Å². The average molecular weight is 385 g/mol. The van der Waals surface area contributed by atoms with E-state index in [-0.39, 0.29) is 12.2 Å². The molecule has 0 amide bonds. The third-order valence-corrected chi connectivity index (χ3v) is 5.53. The van der Waals surface area contributed by atoms with Crippen molar-refractivity contribution in [3.8, 4) is 10.4 Å². The van der Waals surface area contributed by atoms with Crippen LogP contribution >= 0.6 is 22.9 Å². The standard InChI is InChI=1S/C21H17ClO3S/c22-17-9-7-15(8-10-17)21-16(13-20(24)25)12-19(26-21)18(23)11-6-14-4-2-1-3-5-14/h1-5,7-10,12H,6,11,13H2,(H,24,25). The molecule has 2 aromatic carbocycles. The molecule has 0 saturated heterocycles. The summed E-state index contributed by atoms with van der Waals surface area (Å²) in [5.74, 6) is -0.882. The molecule has 132 valence electrons. The lowest BCUT2D eigenvalue weighted by atomic mass is 10.0. The van der Waals surface area contributed by atoms with Gasteiger partial charge in [0, 0.05) is 16.3 Å². The molecule has 0 aliphatic rings. The average Bonchev–Trinajstić information content (AvgIpc) is 3.04. The Morgan fingerprint density at radius 2 is 1.69 bits per heavy atom. The number of aryl methyl sites for hydroxylation is 1. The molecule has 3 rings (SSSR count). The summed E-state index contributed by atoms with van der Waals surface area (Å²) in [7, 11) is 0. The van der Waals surface area contributed by atoms with Crippen molar-refractivity contribution >= 4 is 34.7 Å². The Morgan fingerprint density at radius 1 is 1.00 bits per heavy atom. The summed E-state index contributed by atoms with van der Waals surface area (Å²) in [5, 5.41) is 9.80. The number of ketones is 1. The van der Waals surface area contributed by atoms with Gasteiger partial charge in [-0.05, 0) is 41.3 Å². The molecule has 1 aromatic heterocycles. The fraction of sp³-hybridized carbons (Fsp3) is 0.143. The Kier molecular flexibility index (Phi) is 5.86. The highest BCUT2D eigenvalue weighted by Crippen LogP contribution is 2.34. The van der Waals surface area contributed by atoms with E-state index in [4.69, 9.17) is 11.6 Å². The monoisotopic (exact) mass is 384 g/mol. The molecule has 3 nitrogen and oxygen atoms in total. The van der Waals surface area contributed by atoms with Crippen LogP contribution in [0.2, 0.25) is 5.02 Å². The number of carboxylic acid groups (broad SMARTS) is 1. The molecule has 3 aromatic rings. The molecule has 26 heavy (non-hydrogen) atoms. The summed E-state index contributed by atoms with van der Waals surface area (Å²) in [6.07, 6.45) is 0.958. The van der Waals surface area contributed by atoms with Crippen molar-refractivity contribution in [2.24, 2.45) is 0 Å². The van der Waals surface area contributed by atoms with E-state index in [1.807, 2.05) is 42.5 Å². The van der Waals surface area contributed by atoms with Crippen LogP contribution in [0.4, 0.5) is 0 Å². The highest BCUT2D eigenvalue weighted by atomic mass is 35.5. The Labute approximate surface area is 160 Å². The third kappa shape index (κ3) is 4.59. The molecule has 0 spiro atoms. The van der Waals surface area contributed by atoms with E-state index in [9.17, 15) is 14.7 Å². The van der Waals surface area contributed by atoms with E-state index in [1.165, 1.54) is 11.3 Å². The Balaban J connectivity index is 1.84. The molecule has 1 heterocycles. The quantitative estimate of drug-likeness (QED) is 0.546. The number of aliphatic carboxylic acids is 1. The van der Waals surface area contributed by atoms with Gasteiger partial charge in [-0.25, -0.2) is 0 Å². The van der Waals surface area contributed by atoms with Gasteiger partial charge in [-0.2, -0.15) is 0 Å². The summed E-state index contributed by atoms with van der Waals surface area (Å²) in [5.41, 5.74) is 2.65. The number of carbonyl (C=O) groups excluding carboxylic acids is 1. The maximum atomic E-state index is 12.6. The molecule has 0 bridgehead atoms. The van der Waals surface area contributed by atoms with Crippen molar-refractivity contribution in [1.29, 1.82) is 0 Å². The smallest absolute Gasteiger partial charge is 0.307 e. The minimum atomic E-state index is -0.915. The van der Waals surface area contributed by atoms with Crippen LogP contribution in [0.1, 0.15) is 27.2 Å². The number of carboxylic acids is 1. The molecule has 5 heteroatoms. The van der Waals surface area contributed by atoms with Gasteiger partial charge in [-0.1, -0.05) is 54.1 Å². The lowest BCUT2D eigenvalue weighted by Crippen LogP contribution is -2.01. The van der Waals surface area contributed by atoms with Crippen molar-refractivity contribution in [2.75, 3.05) is 0 Å². The predicted molar refractivity (Wildman–Crippen MR) is 105 cm³/mol. The highest BCUT2D eigenvalue weighted by molar-refractivity contribution is 7.17. The lowest BCUT2D eigenvalue weighted by molar-refractivity contribution is -0.136. The first-order valence-corrected chi connectivity index (χ1v) is 9.40.